The van der Waals surface area contributed by atoms with Crippen LogP contribution in [0.4, 0.5) is 39.7 Å². The van der Waals surface area contributed by atoms with Gasteiger partial charge in [-0.1, -0.05) is 18.2 Å². The zero-order chi connectivity index (χ0) is 28.0. The van der Waals surface area contributed by atoms with E-state index >= 15 is 0 Å². The number of hydrogen-bond donors (Lipinski definition) is 3. The number of imidazole rings is 1. The molecule has 3 aromatic heterocycles. The molecule has 16 heteroatoms. The molecule has 200 valence electrons. The van der Waals surface area contributed by atoms with Crippen molar-refractivity contribution in [3.8, 4) is 11.5 Å². The number of carboxylic acid groups (broad SMARTS) is 1. The van der Waals surface area contributed by atoms with Crippen molar-refractivity contribution in [3.63, 3.8) is 0 Å². The maximum Gasteiger partial charge on any atom is 0.414 e. The Labute approximate surface area is 211 Å². The molecule has 0 unspecified atom stereocenters. The third-order valence-electron chi connectivity index (χ3n) is 4.94. The molecule has 1 aromatic carbocycles. The molecular weight excluding hydrogens is 516 g/mol. The quantitative estimate of drug-likeness (QED) is 0.254. The van der Waals surface area contributed by atoms with E-state index in [1.54, 1.807) is 30.3 Å². The third-order valence-corrected chi connectivity index (χ3v) is 4.94. The van der Waals surface area contributed by atoms with Gasteiger partial charge in [-0.2, -0.15) is 18.3 Å². The molecule has 3 heterocycles. The number of anilines is 3. The van der Waals surface area contributed by atoms with Gasteiger partial charge >= 0.3 is 12.3 Å². The van der Waals surface area contributed by atoms with Crippen LogP contribution < -0.4 is 16.4 Å². The van der Waals surface area contributed by atoms with E-state index in [1.165, 1.54) is 16.8 Å². The number of nitrogens with zero attached hydrogens (tertiary/aromatic N) is 6. The predicted octanol–water partition coefficient (Wildman–Crippen LogP) is 2.92. The van der Waals surface area contributed by atoms with Crippen LogP contribution in [0.25, 0.3) is 17.0 Å². The van der Waals surface area contributed by atoms with Crippen LogP contribution in [0.1, 0.15) is 11.4 Å². The fourth-order valence-electron chi connectivity index (χ4n) is 3.48. The molecule has 0 spiro atoms. The summed E-state index contributed by atoms with van der Waals surface area (Å²) in [6.07, 6.45) is -4.54. The topological polar surface area (TPSA) is 175 Å². The Hall–Kier alpha value is -5.02. The van der Waals surface area contributed by atoms with Crippen molar-refractivity contribution < 1.29 is 37.0 Å². The molecule has 0 bridgehead atoms. The lowest BCUT2D eigenvalue weighted by Gasteiger charge is -2.24. The Balaban J connectivity index is 0.00000127. The van der Waals surface area contributed by atoms with Gasteiger partial charge in [-0.25, -0.2) is 28.7 Å². The fourth-order valence-corrected chi connectivity index (χ4v) is 3.48. The van der Waals surface area contributed by atoms with Gasteiger partial charge in [-0.05, 0) is 23.8 Å². The van der Waals surface area contributed by atoms with Crippen molar-refractivity contribution in [2.45, 2.75) is 12.6 Å². The molecule has 0 aliphatic heterocycles. The number of fused-ring (bicyclic) bond motifs is 1. The Bertz CT molecular complexity index is 1440. The van der Waals surface area contributed by atoms with E-state index in [4.69, 9.17) is 21.4 Å². The van der Waals surface area contributed by atoms with Crippen LogP contribution in [-0.2, 0) is 16.0 Å². The molecule has 0 radical (unpaired) electrons. The molecular formula is C22H20F4N8O4. The Morgan fingerprint density at radius 1 is 1.13 bits per heavy atom. The summed E-state index contributed by atoms with van der Waals surface area (Å²) in [6.45, 7) is -1.97. The number of alkyl halides is 3. The minimum absolute atomic E-state index is 0.0790. The molecule has 0 fully saturated rings. The van der Waals surface area contributed by atoms with E-state index in [1.807, 2.05) is 0 Å². The average Bonchev–Trinajstić information content (AvgIpc) is 3.22. The van der Waals surface area contributed by atoms with E-state index in [9.17, 15) is 22.4 Å². The number of benzene rings is 1. The number of halogens is 4. The second-order valence-electron chi connectivity index (χ2n) is 7.41. The van der Waals surface area contributed by atoms with Crippen molar-refractivity contribution in [2.24, 2.45) is 0 Å². The molecule has 0 aliphatic carbocycles. The largest absolute Gasteiger partial charge is 0.483 e. The number of amides is 1. The Morgan fingerprint density at radius 3 is 2.34 bits per heavy atom. The SMILES string of the molecule is COC(=O)N(CC(F)(F)F)c1c(N)nc(-c2nc(Cc3ccccc3F)n3ncccc23)nc1N.O=CO. The summed E-state index contributed by atoms with van der Waals surface area (Å²) < 4.78 is 59.3. The standard InChI is InChI=1S/C21H18F4N8O2.CH2O2/c1-35-20(34)32(10-21(23,24)25)16-17(26)30-19(31-18(16)27)15-13-7-4-8-28-33(13)14(29-15)9-11-5-2-3-6-12(11)22;2-1-3/h2-8H,9-10H2,1H3,(H4,26,27,30,31);1H,(H,2,3). The minimum Gasteiger partial charge on any atom is -0.483 e. The average molecular weight is 536 g/mol. The predicted molar refractivity (Wildman–Crippen MR) is 127 cm³/mol. The van der Waals surface area contributed by atoms with E-state index in [-0.39, 0.29) is 29.3 Å². The lowest BCUT2D eigenvalue weighted by Crippen LogP contribution is -2.40. The van der Waals surface area contributed by atoms with Crippen LogP contribution in [0.3, 0.4) is 0 Å². The van der Waals surface area contributed by atoms with Crippen molar-refractivity contribution in [2.75, 3.05) is 30.0 Å². The zero-order valence-electron chi connectivity index (χ0n) is 19.6. The summed E-state index contributed by atoms with van der Waals surface area (Å²) in [5, 5.41) is 11.1. The van der Waals surface area contributed by atoms with Crippen LogP contribution in [0, 0.1) is 5.82 Å². The minimum atomic E-state index is -4.78. The lowest BCUT2D eigenvalue weighted by atomic mass is 10.1. The summed E-state index contributed by atoms with van der Waals surface area (Å²) in [6, 6.07) is 9.42. The number of rotatable bonds is 5. The van der Waals surface area contributed by atoms with Gasteiger partial charge in [0, 0.05) is 12.6 Å². The van der Waals surface area contributed by atoms with Crippen molar-refractivity contribution in [3.05, 3.63) is 59.8 Å². The Morgan fingerprint density at radius 2 is 1.76 bits per heavy atom. The maximum atomic E-state index is 14.2. The molecule has 0 atom stereocenters. The molecule has 0 saturated heterocycles. The zero-order valence-corrected chi connectivity index (χ0v) is 19.6. The van der Waals surface area contributed by atoms with Gasteiger partial charge in [-0.15, -0.1) is 0 Å². The first kappa shape index (κ1) is 27.6. The smallest absolute Gasteiger partial charge is 0.414 e. The summed E-state index contributed by atoms with van der Waals surface area (Å²) in [5.74, 6) is -1.20. The van der Waals surface area contributed by atoms with Crippen LogP contribution in [0.5, 0.6) is 0 Å². The van der Waals surface area contributed by atoms with Crippen LogP contribution in [0.15, 0.2) is 42.6 Å². The molecule has 4 aromatic rings. The highest BCUT2D eigenvalue weighted by molar-refractivity contribution is 5.95. The third kappa shape index (κ3) is 6.03. The number of nitrogens with two attached hydrogens (primary N) is 2. The summed E-state index contributed by atoms with van der Waals surface area (Å²) in [7, 11) is 0.911. The monoisotopic (exact) mass is 536 g/mol. The normalized spacial score (nSPS) is 11.0. The van der Waals surface area contributed by atoms with E-state index in [2.05, 4.69) is 24.8 Å². The van der Waals surface area contributed by atoms with E-state index < -0.39 is 42.0 Å². The van der Waals surface area contributed by atoms with Crippen molar-refractivity contribution in [1.29, 1.82) is 0 Å². The van der Waals surface area contributed by atoms with Crippen molar-refractivity contribution in [1.82, 2.24) is 24.6 Å². The van der Waals surface area contributed by atoms with Crippen LogP contribution >= 0.6 is 0 Å². The number of carbonyl (C=O) groups is 2. The highest BCUT2D eigenvalue weighted by Gasteiger charge is 2.37. The van der Waals surface area contributed by atoms with Gasteiger partial charge in [0.2, 0.25) is 0 Å². The van der Waals surface area contributed by atoms with Gasteiger partial charge in [0.15, 0.2) is 17.5 Å². The van der Waals surface area contributed by atoms with Gasteiger partial charge in [0.25, 0.3) is 6.47 Å². The molecule has 0 aliphatic rings. The van der Waals surface area contributed by atoms with E-state index in [0.29, 0.717) is 16.9 Å². The number of nitrogen functional groups attached to an aromatic ring is 2. The van der Waals surface area contributed by atoms with Gasteiger partial charge < -0.3 is 21.3 Å². The molecule has 5 N–H and O–H groups in total. The number of methoxy groups -OCH3 is 1. The van der Waals surface area contributed by atoms with Gasteiger partial charge in [0.05, 0.1) is 12.6 Å². The fraction of sp³-hybridized carbons (Fsp3) is 0.182. The first-order valence-electron chi connectivity index (χ1n) is 10.5. The van der Waals surface area contributed by atoms with Crippen molar-refractivity contribution >= 4 is 35.4 Å². The molecule has 4 rings (SSSR count). The lowest BCUT2D eigenvalue weighted by molar-refractivity contribution is -0.123. The number of aromatic nitrogens is 5. The first-order valence-corrected chi connectivity index (χ1v) is 10.5. The second-order valence-corrected chi connectivity index (χ2v) is 7.41. The Kier molecular flexibility index (Phi) is 8.24. The summed E-state index contributed by atoms with van der Waals surface area (Å²) in [4.78, 5) is 33.2. The van der Waals surface area contributed by atoms with Gasteiger partial charge in [0.1, 0.15) is 29.6 Å². The number of carbonyl (C=O) groups excluding carboxylic acids is 1. The number of hydrogen-bond acceptors (Lipinski definition) is 9. The maximum absolute atomic E-state index is 14.2. The summed E-state index contributed by atoms with van der Waals surface area (Å²) in [5.41, 5.74) is 12.2. The van der Waals surface area contributed by atoms with E-state index in [0.717, 1.165) is 7.11 Å². The highest BCUT2D eigenvalue weighted by atomic mass is 19.4. The number of ether oxygens (including phenoxy) is 1. The van der Waals surface area contributed by atoms with Crippen LogP contribution in [0.2, 0.25) is 0 Å². The molecule has 1 amide bonds. The molecule has 38 heavy (non-hydrogen) atoms. The molecule has 0 saturated carbocycles. The second kappa shape index (κ2) is 11.4. The first-order chi connectivity index (χ1) is 18.0. The molecule has 12 nitrogen and oxygen atoms in total. The highest BCUT2D eigenvalue weighted by Crippen LogP contribution is 2.34. The summed E-state index contributed by atoms with van der Waals surface area (Å²) >= 11 is 0. The van der Waals surface area contributed by atoms with Gasteiger partial charge in [-0.3, -0.25) is 9.69 Å². The van der Waals surface area contributed by atoms with Crippen LogP contribution in [-0.4, -0.2) is 62.1 Å².